The first-order valence-corrected chi connectivity index (χ1v) is 8.28. The Labute approximate surface area is 152 Å². The number of hydrogen-bond donors (Lipinski definition) is 1. The van der Waals surface area contributed by atoms with E-state index in [9.17, 15) is 14.0 Å². The molecule has 1 amide bonds. The molecule has 1 aliphatic heterocycles. The third-order valence-corrected chi connectivity index (χ3v) is 4.13. The summed E-state index contributed by atoms with van der Waals surface area (Å²) in [5, 5.41) is 10.6. The summed E-state index contributed by atoms with van der Waals surface area (Å²) in [4.78, 5) is 24.4. The summed E-state index contributed by atoms with van der Waals surface area (Å²) in [6.07, 6.45) is 0.167. The maximum absolute atomic E-state index is 13.3. The third kappa shape index (κ3) is 3.57. The molecule has 0 saturated carbocycles. The van der Waals surface area contributed by atoms with Crippen LogP contribution >= 0.6 is 0 Å². The first kappa shape index (κ1) is 17.0. The number of amides is 1. The molecule has 4 rings (SSSR count). The standard InChI is InChI=1S/C18H15FN4O4/c19-12-2-3-14-13(9-12)18(25)23(22-21-14)6-5-20-17(24)8-11-1-4-15-16(7-11)27-10-26-15/h1-4,7,9H,5-6,8,10H2,(H,20,24). The van der Waals surface area contributed by atoms with Crippen LogP contribution in [0.3, 0.4) is 0 Å². The van der Waals surface area contributed by atoms with Crippen molar-refractivity contribution in [2.24, 2.45) is 0 Å². The molecule has 0 unspecified atom stereocenters. The van der Waals surface area contributed by atoms with E-state index in [1.807, 2.05) is 0 Å². The summed E-state index contributed by atoms with van der Waals surface area (Å²) >= 11 is 0. The maximum Gasteiger partial charge on any atom is 0.277 e. The van der Waals surface area contributed by atoms with Gasteiger partial charge in [-0.3, -0.25) is 9.59 Å². The number of nitrogens with one attached hydrogen (secondary N) is 1. The van der Waals surface area contributed by atoms with Crippen LogP contribution in [0.1, 0.15) is 5.56 Å². The number of carbonyl (C=O) groups excluding carboxylic acids is 1. The summed E-state index contributed by atoms with van der Waals surface area (Å²) in [6.45, 7) is 0.500. The SMILES string of the molecule is O=C(Cc1ccc2c(c1)OCO2)NCCn1nnc2ccc(F)cc2c1=O. The molecule has 27 heavy (non-hydrogen) atoms. The number of ether oxygens (including phenoxy) is 2. The second-order valence-corrected chi connectivity index (χ2v) is 5.99. The van der Waals surface area contributed by atoms with Gasteiger partial charge in [-0.05, 0) is 35.9 Å². The topological polar surface area (TPSA) is 95.3 Å². The molecule has 0 bridgehead atoms. The van der Waals surface area contributed by atoms with Gasteiger partial charge in [0.1, 0.15) is 11.3 Å². The first-order valence-electron chi connectivity index (χ1n) is 8.28. The van der Waals surface area contributed by atoms with Crippen LogP contribution in [0.4, 0.5) is 4.39 Å². The van der Waals surface area contributed by atoms with Crippen molar-refractivity contribution in [2.75, 3.05) is 13.3 Å². The van der Waals surface area contributed by atoms with Crippen LogP contribution in [0.2, 0.25) is 0 Å². The van der Waals surface area contributed by atoms with Gasteiger partial charge in [-0.1, -0.05) is 11.3 Å². The van der Waals surface area contributed by atoms with E-state index in [4.69, 9.17) is 9.47 Å². The van der Waals surface area contributed by atoms with Gasteiger partial charge < -0.3 is 14.8 Å². The summed E-state index contributed by atoms with van der Waals surface area (Å²) in [5.74, 6) is 0.549. The van der Waals surface area contributed by atoms with Crippen molar-refractivity contribution in [1.82, 2.24) is 20.3 Å². The zero-order valence-corrected chi connectivity index (χ0v) is 14.1. The zero-order valence-electron chi connectivity index (χ0n) is 14.1. The molecule has 2 aromatic carbocycles. The number of aromatic nitrogens is 3. The van der Waals surface area contributed by atoms with E-state index in [1.54, 1.807) is 18.2 Å². The molecule has 1 aromatic heterocycles. The van der Waals surface area contributed by atoms with Gasteiger partial charge >= 0.3 is 0 Å². The predicted octanol–water partition coefficient (Wildman–Crippen LogP) is 1.02. The second-order valence-electron chi connectivity index (χ2n) is 5.99. The Balaban J connectivity index is 1.37. The van der Waals surface area contributed by atoms with Crippen molar-refractivity contribution in [3.63, 3.8) is 0 Å². The van der Waals surface area contributed by atoms with Crippen LogP contribution in [0, 0.1) is 5.82 Å². The molecule has 1 aliphatic rings. The van der Waals surface area contributed by atoms with Crippen molar-refractivity contribution in [3.8, 4) is 11.5 Å². The first-order chi connectivity index (χ1) is 13.1. The fraction of sp³-hybridized carbons (Fsp3) is 0.222. The summed E-state index contributed by atoms with van der Waals surface area (Å²) in [5.41, 5.74) is 0.656. The maximum atomic E-state index is 13.3. The minimum Gasteiger partial charge on any atom is -0.454 e. The van der Waals surface area contributed by atoms with Crippen LogP contribution in [-0.2, 0) is 17.8 Å². The quantitative estimate of drug-likeness (QED) is 0.720. The molecule has 0 fully saturated rings. The highest BCUT2D eigenvalue weighted by Crippen LogP contribution is 2.32. The summed E-state index contributed by atoms with van der Waals surface area (Å²) in [6, 6.07) is 9.06. The van der Waals surface area contributed by atoms with E-state index < -0.39 is 11.4 Å². The monoisotopic (exact) mass is 370 g/mol. The Hall–Kier alpha value is -3.49. The number of rotatable bonds is 5. The number of carbonyl (C=O) groups is 1. The summed E-state index contributed by atoms with van der Waals surface area (Å²) in [7, 11) is 0. The molecule has 8 nitrogen and oxygen atoms in total. The van der Waals surface area contributed by atoms with Gasteiger partial charge in [0.2, 0.25) is 12.7 Å². The molecule has 0 radical (unpaired) electrons. The van der Waals surface area contributed by atoms with Crippen molar-refractivity contribution >= 4 is 16.8 Å². The lowest BCUT2D eigenvalue weighted by molar-refractivity contribution is -0.120. The van der Waals surface area contributed by atoms with Crippen molar-refractivity contribution in [1.29, 1.82) is 0 Å². The van der Waals surface area contributed by atoms with Gasteiger partial charge in [0, 0.05) is 6.54 Å². The molecular formula is C18H15FN4O4. The number of halogens is 1. The average Bonchev–Trinajstić information content (AvgIpc) is 3.12. The molecule has 0 atom stereocenters. The van der Waals surface area contributed by atoms with Gasteiger partial charge in [0.15, 0.2) is 11.5 Å². The number of benzene rings is 2. The Bertz CT molecular complexity index is 1080. The largest absolute Gasteiger partial charge is 0.454 e. The van der Waals surface area contributed by atoms with Gasteiger partial charge in [-0.15, -0.1) is 5.10 Å². The minimum absolute atomic E-state index is 0.130. The van der Waals surface area contributed by atoms with E-state index in [1.165, 1.54) is 12.1 Å². The molecule has 0 aliphatic carbocycles. The minimum atomic E-state index is -0.517. The lowest BCUT2D eigenvalue weighted by Crippen LogP contribution is -2.33. The van der Waals surface area contributed by atoms with Crippen LogP contribution in [0.15, 0.2) is 41.2 Å². The molecule has 9 heteroatoms. The molecule has 138 valence electrons. The Morgan fingerprint density at radius 1 is 1.19 bits per heavy atom. The average molecular weight is 370 g/mol. The fourth-order valence-electron chi connectivity index (χ4n) is 2.79. The van der Waals surface area contributed by atoms with Gasteiger partial charge in [0.25, 0.3) is 5.56 Å². The predicted molar refractivity (Wildman–Crippen MR) is 93.0 cm³/mol. The van der Waals surface area contributed by atoms with E-state index in [-0.39, 0.29) is 37.6 Å². The van der Waals surface area contributed by atoms with Gasteiger partial charge in [-0.2, -0.15) is 0 Å². The van der Waals surface area contributed by atoms with Gasteiger partial charge in [-0.25, -0.2) is 9.07 Å². The summed E-state index contributed by atoms with van der Waals surface area (Å²) < 4.78 is 24.9. The van der Waals surface area contributed by atoms with Crippen LogP contribution < -0.4 is 20.3 Å². The van der Waals surface area contributed by atoms with Crippen molar-refractivity contribution < 1.29 is 18.7 Å². The number of fused-ring (bicyclic) bond motifs is 2. The fourth-order valence-corrected chi connectivity index (χ4v) is 2.79. The number of nitrogens with zero attached hydrogens (tertiary/aromatic N) is 3. The molecule has 0 saturated heterocycles. The third-order valence-electron chi connectivity index (χ3n) is 4.13. The Morgan fingerprint density at radius 2 is 2.04 bits per heavy atom. The van der Waals surface area contributed by atoms with Crippen LogP contribution in [-0.4, -0.2) is 34.2 Å². The molecule has 3 aromatic rings. The highest BCUT2D eigenvalue weighted by Gasteiger charge is 2.14. The lowest BCUT2D eigenvalue weighted by atomic mass is 10.1. The van der Waals surface area contributed by atoms with Crippen LogP contribution in [0.25, 0.3) is 10.9 Å². The number of hydrogen-bond acceptors (Lipinski definition) is 6. The highest BCUT2D eigenvalue weighted by atomic mass is 19.1. The highest BCUT2D eigenvalue weighted by molar-refractivity contribution is 5.79. The zero-order chi connectivity index (χ0) is 18.8. The van der Waals surface area contributed by atoms with E-state index in [2.05, 4.69) is 15.6 Å². The van der Waals surface area contributed by atoms with Crippen molar-refractivity contribution in [2.45, 2.75) is 13.0 Å². The van der Waals surface area contributed by atoms with Crippen molar-refractivity contribution in [3.05, 3.63) is 58.1 Å². The second kappa shape index (κ2) is 7.02. The normalized spacial score (nSPS) is 12.3. The van der Waals surface area contributed by atoms with Gasteiger partial charge in [0.05, 0.1) is 18.4 Å². The molecule has 2 heterocycles. The Kier molecular flexibility index (Phi) is 4.41. The molecule has 1 N–H and O–H groups in total. The Morgan fingerprint density at radius 3 is 2.93 bits per heavy atom. The van der Waals surface area contributed by atoms with E-state index in [0.29, 0.717) is 17.0 Å². The lowest BCUT2D eigenvalue weighted by Gasteiger charge is -2.07. The van der Waals surface area contributed by atoms with Crippen LogP contribution in [0.5, 0.6) is 11.5 Å². The molecule has 0 spiro atoms. The van der Waals surface area contributed by atoms with E-state index >= 15 is 0 Å². The smallest absolute Gasteiger partial charge is 0.277 e. The molecular weight excluding hydrogens is 355 g/mol. The van der Waals surface area contributed by atoms with E-state index in [0.717, 1.165) is 16.3 Å².